The van der Waals surface area contributed by atoms with Gasteiger partial charge in [-0.1, -0.05) is 13.8 Å². The molecule has 1 aliphatic rings. The minimum Gasteiger partial charge on any atom is -0.478 e. The van der Waals surface area contributed by atoms with Gasteiger partial charge in [-0.3, -0.25) is 4.98 Å². The number of aromatic nitrogens is 1. The Morgan fingerprint density at radius 3 is 2.76 bits per heavy atom. The number of carboxylic acid groups (broad SMARTS) is 1. The van der Waals surface area contributed by atoms with E-state index >= 15 is 0 Å². The SMILES string of the molecule is CC(C)CN(C(=O)NCc1cc(C(=O)O)ccn1)C1CC1. The summed E-state index contributed by atoms with van der Waals surface area (Å²) in [6, 6.07) is 3.16. The summed E-state index contributed by atoms with van der Waals surface area (Å²) < 4.78 is 0. The summed E-state index contributed by atoms with van der Waals surface area (Å²) in [5, 5.41) is 11.8. The average Bonchev–Trinajstić information content (AvgIpc) is 3.26. The number of carbonyl (C=O) groups excluding carboxylic acids is 1. The number of aromatic carboxylic acids is 1. The van der Waals surface area contributed by atoms with Gasteiger partial charge in [0.25, 0.3) is 0 Å². The van der Waals surface area contributed by atoms with E-state index in [1.807, 2.05) is 4.90 Å². The smallest absolute Gasteiger partial charge is 0.335 e. The first-order chi connectivity index (χ1) is 9.97. The highest BCUT2D eigenvalue weighted by Gasteiger charge is 2.32. The molecule has 0 aromatic carbocycles. The van der Waals surface area contributed by atoms with Gasteiger partial charge in [0.15, 0.2) is 0 Å². The van der Waals surface area contributed by atoms with E-state index in [2.05, 4.69) is 24.1 Å². The molecule has 0 radical (unpaired) electrons. The normalized spacial score (nSPS) is 14.0. The molecular formula is C15H21N3O3. The second kappa shape index (κ2) is 6.56. The molecule has 1 saturated carbocycles. The Bertz CT molecular complexity index is 527. The molecule has 0 atom stereocenters. The predicted molar refractivity (Wildman–Crippen MR) is 78.0 cm³/mol. The third-order valence-electron chi connectivity index (χ3n) is 3.29. The van der Waals surface area contributed by atoms with Gasteiger partial charge in [0, 0.05) is 18.8 Å². The number of carbonyl (C=O) groups is 2. The van der Waals surface area contributed by atoms with E-state index in [4.69, 9.17) is 5.11 Å². The Morgan fingerprint density at radius 1 is 1.48 bits per heavy atom. The van der Waals surface area contributed by atoms with E-state index < -0.39 is 5.97 Å². The second-order valence-corrected chi connectivity index (χ2v) is 5.78. The molecule has 0 saturated heterocycles. The zero-order valence-corrected chi connectivity index (χ0v) is 12.4. The molecule has 1 heterocycles. The van der Waals surface area contributed by atoms with Crippen LogP contribution in [-0.2, 0) is 6.54 Å². The van der Waals surface area contributed by atoms with E-state index in [1.54, 1.807) is 0 Å². The standard InChI is InChI=1S/C15H21N3O3/c1-10(2)9-18(13-3-4-13)15(21)17-8-12-7-11(14(19)20)5-6-16-12/h5-7,10,13H,3-4,8-9H2,1-2H3,(H,17,21)(H,19,20). The third kappa shape index (κ3) is 4.44. The van der Waals surface area contributed by atoms with Crippen molar-refractivity contribution >= 4 is 12.0 Å². The molecule has 1 aliphatic carbocycles. The lowest BCUT2D eigenvalue weighted by atomic mass is 10.2. The van der Waals surface area contributed by atoms with Gasteiger partial charge in [-0.2, -0.15) is 0 Å². The van der Waals surface area contributed by atoms with Crippen molar-refractivity contribution < 1.29 is 14.7 Å². The van der Waals surface area contributed by atoms with Crippen molar-refractivity contribution in [3.05, 3.63) is 29.6 Å². The summed E-state index contributed by atoms with van der Waals surface area (Å²) in [7, 11) is 0. The van der Waals surface area contributed by atoms with Gasteiger partial charge in [0.05, 0.1) is 17.8 Å². The number of pyridine rings is 1. The molecule has 6 heteroatoms. The van der Waals surface area contributed by atoms with Gasteiger partial charge in [-0.15, -0.1) is 0 Å². The molecule has 2 amide bonds. The fraction of sp³-hybridized carbons (Fsp3) is 0.533. The summed E-state index contributed by atoms with van der Waals surface area (Å²) in [5.74, 6) is -0.575. The monoisotopic (exact) mass is 291 g/mol. The van der Waals surface area contributed by atoms with Crippen LogP contribution in [0.2, 0.25) is 0 Å². The Kier molecular flexibility index (Phi) is 4.77. The van der Waals surface area contributed by atoms with Gasteiger partial charge in [-0.25, -0.2) is 9.59 Å². The van der Waals surface area contributed by atoms with E-state index in [-0.39, 0.29) is 18.1 Å². The van der Waals surface area contributed by atoms with E-state index in [0.29, 0.717) is 17.7 Å². The molecule has 2 N–H and O–H groups in total. The molecule has 114 valence electrons. The highest BCUT2D eigenvalue weighted by molar-refractivity contribution is 5.87. The van der Waals surface area contributed by atoms with E-state index in [9.17, 15) is 9.59 Å². The zero-order chi connectivity index (χ0) is 15.4. The lowest BCUT2D eigenvalue weighted by Gasteiger charge is -2.24. The summed E-state index contributed by atoms with van der Waals surface area (Å²) in [6.07, 6.45) is 3.57. The van der Waals surface area contributed by atoms with Crippen molar-refractivity contribution in [2.24, 2.45) is 5.92 Å². The molecule has 0 aliphatic heterocycles. The summed E-state index contributed by atoms with van der Waals surface area (Å²) in [4.78, 5) is 29.1. The molecule has 0 unspecified atom stereocenters. The number of amides is 2. The van der Waals surface area contributed by atoms with Gasteiger partial charge >= 0.3 is 12.0 Å². The van der Waals surface area contributed by atoms with Crippen LogP contribution in [0.3, 0.4) is 0 Å². The molecule has 1 aromatic heterocycles. The van der Waals surface area contributed by atoms with Gasteiger partial charge in [-0.05, 0) is 30.9 Å². The number of hydrogen-bond acceptors (Lipinski definition) is 3. The van der Waals surface area contributed by atoms with E-state index in [1.165, 1.54) is 18.3 Å². The summed E-state index contributed by atoms with van der Waals surface area (Å²) in [5.41, 5.74) is 0.721. The Balaban J connectivity index is 1.93. The first-order valence-corrected chi connectivity index (χ1v) is 7.20. The molecule has 1 aromatic rings. The van der Waals surface area contributed by atoms with Crippen LogP contribution in [0.15, 0.2) is 18.3 Å². The Morgan fingerprint density at radius 2 is 2.19 bits per heavy atom. The van der Waals surface area contributed by atoms with Crippen molar-refractivity contribution in [3.8, 4) is 0 Å². The summed E-state index contributed by atoms with van der Waals surface area (Å²) in [6.45, 7) is 5.14. The van der Waals surface area contributed by atoms with Gasteiger partial charge in [0.2, 0.25) is 0 Å². The molecule has 1 fully saturated rings. The van der Waals surface area contributed by atoms with Crippen LogP contribution < -0.4 is 5.32 Å². The number of rotatable bonds is 6. The van der Waals surface area contributed by atoms with Crippen molar-refractivity contribution in [2.75, 3.05) is 6.54 Å². The lowest BCUT2D eigenvalue weighted by Crippen LogP contribution is -2.43. The molecule has 2 rings (SSSR count). The van der Waals surface area contributed by atoms with Crippen molar-refractivity contribution in [1.82, 2.24) is 15.2 Å². The van der Waals surface area contributed by atoms with Crippen LogP contribution in [0.1, 0.15) is 42.7 Å². The predicted octanol–water partition coefficient (Wildman–Crippen LogP) is 2.11. The van der Waals surface area contributed by atoms with Gasteiger partial charge in [0.1, 0.15) is 0 Å². The number of hydrogen-bond donors (Lipinski definition) is 2. The van der Waals surface area contributed by atoms with Gasteiger partial charge < -0.3 is 15.3 Å². The maximum atomic E-state index is 12.2. The van der Waals surface area contributed by atoms with Crippen LogP contribution >= 0.6 is 0 Å². The second-order valence-electron chi connectivity index (χ2n) is 5.78. The van der Waals surface area contributed by atoms with E-state index in [0.717, 1.165) is 19.4 Å². The number of urea groups is 1. The maximum Gasteiger partial charge on any atom is 0.335 e. The summed E-state index contributed by atoms with van der Waals surface area (Å²) >= 11 is 0. The van der Waals surface area contributed by atoms with Crippen molar-refractivity contribution in [3.63, 3.8) is 0 Å². The zero-order valence-electron chi connectivity index (χ0n) is 12.4. The van der Waals surface area contributed by atoms with Crippen LogP contribution in [0.25, 0.3) is 0 Å². The van der Waals surface area contributed by atoms with Crippen LogP contribution in [0.4, 0.5) is 4.79 Å². The lowest BCUT2D eigenvalue weighted by molar-refractivity contribution is 0.0696. The first-order valence-electron chi connectivity index (χ1n) is 7.20. The minimum atomic E-state index is -0.996. The van der Waals surface area contributed by atoms with Crippen molar-refractivity contribution in [1.29, 1.82) is 0 Å². The number of nitrogens with one attached hydrogen (secondary N) is 1. The average molecular weight is 291 g/mol. The first kappa shape index (κ1) is 15.3. The minimum absolute atomic E-state index is 0.103. The van der Waals surface area contributed by atoms with Crippen molar-refractivity contribution in [2.45, 2.75) is 39.3 Å². The largest absolute Gasteiger partial charge is 0.478 e. The Labute approximate surface area is 124 Å². The van der Waals surface area contributed by atoms with Crippen LogP contribution in [0, 0.1) is 5.92 Å². The van der Waals surface area contributed by atoms with Crippen LogP contribution in [0.5, 0.6) is 0 Å². The topological polar surface area (TPSA) is 82.5 Å². The maximum absolute atomic E-state index is 12.2. The molecule has 6 nitrogen and oxygen atoms in total. The highest BCUT2D eigenvalue weighted by atomic mass is 16.4. The Hall–Kier alpha value is -2.11. The number of carboxylic acids is 1. The fourth-order valence-electron chi connectivity index (χ4n) is 2.15. The fourth-order valence-corrected chi connectivity index (χ4v) is 2.15. The number of nitrogens with zero attached hydrogens (tertiary/aromatic N) is 2. The molecule has 0 bridgehead atoms. The molecular weight excluding hydrogens is 270 g/mol. The van der Waals surface area contributed by atoms with Crippen LogP contribution in [-0.4, -0.2) is 39.6 Å². The quantitative estimate of drug-likeness (QED) is 0.841. The highest BCUT2D eigenvalue weighted by Crippen LogP contribution is 2.27. The molecule has 21 heavy (non-hydrogen) atoms. The third-order valence-corrected chi connectivity index (χ3v) is 3.29. The molecule has 0 spiro atoms.